The summed E-state index contributed by atoms with van der Waals surface area (Å²) in [5.74, 6) is 0.0124. The van der Waals surface area contributed by atoms with Gasteiger partial charge in [-0.2, -0.15) is 5.26 Å². The third-order valence-electron chi connectivity index (χ3n) is 3.60. The summed E-state index contributed by atoms with van der Waals surface area (Å²) < 4.78 is 0. The molecule has 0 N–H and O–H groups in total. The highest BCUT2D eigenvalue weighted by molar-refractivity contribution is 5.92. The van der Waals surface area contributed by atoms with E-state index in [-0.39, 0.29) is 11.9 Å². The molecule has 1 aliphatic heterocycles. The van der Waals surface area contributed by atoms with Crippen molar-refractivity contribution in [2.24, 2.45) is 0 Å². The van der Waals surface area contributed by atoms with Crippen LogP contribution in [0.2, 0.25) is 0 Å². The molecule has 1 saturated heterocycles. The number of likely N-dealkylation sites (N-methyl/N-ethyl adjacent to an activating group) is 1. The molecular formula is C16H19N3O. The zero-order valence-corrected chi connectivity index (χ0v) is 11.9. The lowest BCUT2D eigenvalue weighted by molar-refractivity contribution is -0.130. The minimum Gasteiger partial charge on any atom is -0.334 e. The predicted octanol–water partition coefficient (Wildman–Crippen LogP) is 1.73. The van der Waals surface area contributed by atoms with Gasteiger partial charge in [-0.3, -0.25) is 4.79 Å². The monoisotopic (exact) mass is 269 g/mol. The molecular weight excluding hydrogens is 250 g/mol. The fourth-order valence-electron chi connectivity index (χ4n) is 2.47. The number of hydrogen-bond donors (Lipinski definition) is 0. The Morgan fingerprint density at radius 3 is 2.85 bits per heavy atom. The molecule has 0 radical (unpaired) electrons. The van der Waals surface area contributed by atoms with Gasteiger partial charge in [0.25, 0.3) is 0 Å². The van der Waals surface area contributed by atoms with Crippen molar-refractivity contribution in [3.8, 4) is 6.07 Å². The highest BCUT2D eigenvalue weighted by atomic mass is 16.2. The van der Waals surface area contributed by atoms with E-state index in [1.165, 1.54) is 0 Å². The van der Waals surface area contributed by atoms with E-state index in [1.807, 2.05) is 23.1 Å². The van der Waals surface area contributed by atoms with Gasteiger partial charge < -0.3 is 9.80 Å². The van der Waals surface area contributed by atoms with E-state index in [9.17, 15) is 4.79 Å². The maximum absolute atomic E-state index is 12.2. The molecule has 1 aliphatic rings. The maximum Gasteiger partial charge on any atom is 0.246 e. The van der Waals surface area contributed by atoms with E-state index in [1.54, 1.807) is 18.2 Å². The number of nitriles is 1. The Bertz CT molecular complexity index is 559. The zero-order valence-electron chi connectivity index (χ0n) is 11.9. The summed E-state index contributed by atoms with van der Waals surface area (Å²) in [5, 5.41) is 9.02. The zero-order chi connectivity index (χ0) is 14.5. The molecule has 1 amide bonds. The Morgan fingerprint density at radius 2 is 2.15 bits per heavy atom. The van der Waals surface area contributed by atoms with Crippen molar-refractivity contribution in [3.63, 3.8) is 0 Å². The number of rotatable bonds is 2. The average Bonchev–Trinajstić information content (AvgIpc) is 2.45. The number of hydrogen-bond acceptors (Lipinski definition) is 3. The quantitative estimate of drug-likeness (QED) is 0.768. The molecule has 0 aliphatic carbocycles. The second-order valence-electron chi connectivity index (χ2n) is 5.18. The number of nitrogens with zero attached hydrogens (tertiary/aromatic N) is 3. The number of piperazine rings is 1. The van der Waals surface area contributed by atoms with Crippen LogP contribution in [0.15, 0.2) is 30.3 Å². The Kier molecular flexibility index (Phi) is 4.54. The van der Waals surface area contributed by atoms with Gasteiger partial charge in [-0.1, -0.05) is 18.2 Å². The lowest BCUT2D eigenvalue weighted by Gasteiger charge is -2.37. The molecule has 1 aromatic rings. The van der Waals surface area contributed by atoms with Crippen LogP contribution >= 0.6 is 0 Å². The molecule has 1 unspecified atom stereocenters. The third kappa shape index (κ3) is 3.25. The van der Waals surface area contributed by atoms with Gasteiger partial charge in [0.1, 0.15) is 0 Å². The summed E-state index contributed by atoms with van der Waals surface area (Å²) in [6.45, 7) is 4.61. The summed E-state index contributed by atoms with van der Waals surface area (Å²) in [6.07, 6.45) is 3.30. The molecule has 1 fully saturated rings. The minimum absolute atomic E-state index is 0.0124. The number of carbonyl (C=O) groups excluding carboxylic acids is 1. The van der Waals surface area contributed by atoms with Gasteiger partial charge >= 0.3 is 0 Å². The van der Waals surface area contributed by atoms with Gasteiger partial charge in [-0.05, 0) is 31.7 Å². The molecule has 20 heavy (non-hydrogen) atoms. The van der Waals surface area contributed by atoms with E-state index < -0.39 is 0 Å². The summed E-state index contributed by atoms with van der Waals surface area (Å²) in [7, 11) is 2.07. The van der Waals surface area contributed by atoms with Crippen LogP contribution in [0.25, 0.3) is 6.08 Å². The average molecular weight is 269 g/mol. The van der Waals surface area contributed by atoms with Crippen LogP contribution in [0.1, 0.15) is 18.1 Å². The van der Waals surface area contributed by atoms with Crippen molar-refractivity contribution < 1.29 is 4.79 Å². The second-order valence-corrected chi connectivity index (χ2v) is 5.18. The maximum atomic E-state index is 12.2. The Labute approximate surface area is 119 Å². The number of carbonyl (C=O) groups is 1. The first-order chi connectivity index (χ1) is 9.61. The SMILES string of the molecule is CC1CN(C)CCN1C(=O)C=Cc1ccccc1C#N. The van der Waals surface area contributed by atoms with E-state index >= 15 is 0 Å². The van der Waals surface area contributed by atoms with Gasteiger partial charge in [0.05, 0.1) is 11.6 Å². The summed E-state index contributed by atoms with van der Waals surface area (Å²) in [4.78, 5) is 16.3. The largest absolute Gasteiger partial charge is 0.334 e. The lowest BCUT2D eigenvalue weighted by Crippen LogP contribution is -2.52. The number of amides is 1. The molecule has 0 spiro atoms. The topological polar surface area (TPSA) is 47.3 Å². The third-order valence-corrected chi connectivity index (χ3v) is 3.60. The van der Waals surface area contributed by atoms with Gasteiger partial charge in [-0.15, -0.1) is 0 Å². The Balaban J connectivity index is 2.08. The van der Waals surface area contributed by atoms with Gasteiger partial charge in [0.15, 0.2) is 0 Å². The molecule has 4 nitrogen and oxygen atoms in total. The lowest BCUT2D eigenvalue weighted by atomic mass is 10.1. The van der Waals surface area contributed by atoms with Gasteiger partial charge in [0.2, 0.25) is 5.91 Å². The van der Waals surface area contributed by atoms with Crippen LogP contribution in [0.4, 0.5) is 0 Å². The van der Waals surface area contributed by atoms with Crippen LogP contribution in [-0.2, 0) is 4.79 Å². The Hall–Kier alpha value is -2.12. The Morgan fingerprint density at radius 1 is 1.40 bits per heavy atom. The summed E-state index contributed by atoms with van der Waals surface area (Å²) >= 11 is 0. The van der Waals surface area contributed by atoms with Crippen molar-refractivity contribution in [3.05, 3.63) is 41.5 Å². The van der Waals surface area contributed by atoms with Gasteiger partial charge in [0, 0.05) is 31.8 Å². The summed E-state index contributed by atoms with van der Waals surface area (Å²) in [6, 6.07) is 9.63. The molecule has 1 aromatic carbocycles. The van der Waals surface area contributed by atoms with Crippen LogP contribution in [0, 0.1) is 11.3 Å². The minimum atomic E-state index is 0.0124. The van der Waals surface area contributed by atoms with Crippen molar-refractivity contribution in [2.75, 3.05) is 26.7 Å². The fourth-order valence-corrected chi connectivity index (χ4v) is 2.47. The van der Waals surface area contributed by atoms with E-state index in [2.05, 4.69) is 24.9 Å². The van der Waals surface area contributed by atoms with E-state index in [0.29, 0.717) is 5.56 Å². The fraction of sp³-hybridized carbons (Fsp3) is 0.375. The van der Waals surface area contributed by atoms with E-state index in [0.717, 1.165) is 25.2 Å². The van der Waals surface area contributed by atoms with Crippen molar-refractivity contribution in [1.29, 1.82) is 5.26 Å². The first-order valence-corrected chi connectivity index (χ1v) is 6.78. The van der Waals surface area contributed by atoms with Crippen LogP contribution in [0.3, 0.4) is 0 Å². The highest BCUT2D eigenvalue weighted by Gasteiger charge is 2.23. The van der Waals surface area contributed by atoms with Crippen LogP contribution < -0.4 is 0 Å². The number of benzene rings is 1. The molecule has 104 valence electrons. The van der Waals surface area contributed by atoms with Gasteiger partial charge in [-0.25, -0.2) is 0 Å². The molecule has 0 saturated carbocycles. The molecule has 0 aromatic heterocycles. The normalized spacial score (nSPS) is 20.1. The first kappa shape index (κ1) is 14.3. The van der Waals surface area contributed by atoms with E-state index in [4.69, 9.17) is 5.26 Å². The van der Waals surface area contributed by atoms with Crippen molar-refractivity contribution >= 4 is 12.0 Å². The van der Waals surface area contributed by atoms with Crippen molar-refractivity contribution in [2.45, 2.75) is 13.0 Å². The standard InChI is InChI=1S/C16H19N3O/c1-13-12-18(2)9-10-19(13)16(20)8-7-14-5-3-4-6-15(14)11-17/h3-8,13H,9-10,12H2,1-2H3. The molecule has 1 heterocycles. The van der Waals surface area contributed by atoms with Crippen LogP contribution in [0.5, 0.6) is 0 Å². The predicted molar refractivity (Wildman–Crippen MR) is 78.9 cm³/mol. The van der Waals surface area contributed by atoms with Crippen LogP contribution in [-0.4, -0.2) is 48.4 Å². The smallest absolute Gasteiger partial charge is 0.246 e. The molecule has 0 bridgehead atoms. The summed E-state index contributed by atoms with van der Waals surface area (Å²) in [5.41, 5.74) is 1.37. The highest BCUT2D eigenvalue weighted by Crippen LogP contribution is 2.12. The molecule has 2 rings (SSSR count). The van der Waals surface area contributed by atoms with Crippen molar-refractivity contribution in [1.82, 2.24) is 9.80 Å². The second kappa shape index (κ2) is 6.36. The molecule has 1 atom stereocenters. The molecule has 4 heteroatoms. The first-order valence-electron chi connectivity index (χ1n) is 6.78.